The lowest BCUT2D eigenvalue weighted by Crippen LogP contribution is -2.37. The minimum absolute atomic E-state index is 0.0819. The second kappa shape index (κ2) is 7.65. The zero-order valence-electron chi connectivity index (χ0n) is 10.2. The van der Waals surface area contributed by atoms with E-state index in [0.717, 1.165) is 26.1 Å². The normalized spacial score (nSPS) is 13.5. The molecular formula is C11H25N3O. The fraction of sp³-hybridized carbons (Fsp3) is 0.909. The smallest absolute Gasteiger partial charge is 0.221 e. The average molecular weight is 215 g/mol. The monoisotopic (exact) mass is 215 g/mol. The van der Waals surface area contributed by atoms with Crippen molar-refractivity contribution in [2.75, 3.05) is 26.2 Å². The standard InChI is InChI=1S/C11H25N3O/c1-9(2)7-14(6-4-5-12)8-10(3)11(13)15/h9-10H,4-8,12H2,1-3H3,(H2,13,15). The van der Waals surface area contributed by atoms with E-state index < -0.39 is 0 Å². The van der Waals surface area contributed by atoms with Crippen molar-refractivity contribution in [1.82, 2.24) is 4.90 Å². The van der Waals surface area contributed by atoms with Crippen LogP contribution in [0.3, 0.4) is 0 Å². The van der Waals surface area contributed by atoms with Crippen LogP contribution in [0.4, 0.5) is 0 Å². The number of carbonyl (C=O) groups is 1. The molecule has 90 valence electrons. The molecule has 0 saturated heterocycles. The Morgan fingerprint density at radius 1 is 1.27 bits per heavy atom. The fourth-order valence-electron chi connectivity index (χ4n) is 1.57. The summed E-state index contributed by atoms with van der Waals surface area (Å²) < 4.78 is 0. The van der Waals surface area contributed by atoms with Crippen LogP contribution in [0.25, 0.3) is 0 Å². The number of primary amides is 1. The van der Waals surface area contributed by atoms with Gasteiger partial charge < -0.3 is 16.4 Å². The van der Waals surface area contributed by atoms with Gasteiger partial charge in [0.15, 0.2) is 0 Å². The summed E-state index contributed by atoms with van der Waals surface area (Å²) in [4.78, 5) is 13.2. The third kappa shape index (κ3) is 7.33. The fourth-order valence-corrected chi connectivity index (χ4v) is 1.57. The summed E-state index contributed by atoms with van der Waals surface area (Å²) in [6.45, 7) is 9.60. The summed E-state index contributed by atoms with van der Waals surface area (Å²) >= 11 is 0. The molecule has 0 aliphatic carbocycles. The lowest BCUT2D eigenvalue weighted by atomic mass is 10.1. The second-order valence-electron chi connectivity index (χ2n) is 4.60. The number of rotatable bonds is 8. The Bertz CT molecular complexity index is 183. The van der Waals surface area contributed by atoms with E-state index in [1.807, 2.05) is 6.92 Å². The quantitative estimate of drug-likeness (QED) is 0.616. The molecule has 0 radical (unpaired) electrons. The third-order valence-electron chi connectivity index (χ3n) is 2.32. The predicted molar refractivity (Wildman–Crippen MR) is 63.3 cm³/mol. The summed E-state index contributed by atoms with van der Waals surface area (Å²) in [5, 5.41) is 0. The minimum Gasteiger partial charge on any atom is -0.369 e. The SMILES string of the molecule is CC(C)CN(CCCN)CC(C)C(N)=O. The van der Waals surface area contributed by atoms with Crippen LogP contribution in [0.2, 0.25) is 0 Å². The number of hydrogen-bond donors (Lipinski definition) is 2. The molecule has 0 saturated carbocycles. The molecule has 4 nitrogen and oxygen atoms in total. The Hall–Kier alpha value is -0.610. The maximum absolute atomic E-state index is 11.0. The first-order valence-electron chi connectivity index (χ1n) is 5.69. The molecule has 0 spiro atoms. The highest BCUT2D eigenvalue weighted by Gasteiger charge is 2.14. The summed E-state index contributed by atoms with van der Waals surface area (Å²) in [7, 11) is 0. The van der Waals surface area contributed by atoms with Crippen molar-refractivity contribution < 1.29 is 4.79 Å². The molecule has 1 unspecified atom stereocenters. The summed E-state index contributed by atoms with van der Waals surface area (Å²) in [6, 6.07) is 0. The Morgan fingerprint density at radius 3 is 2.27 bits per heavy atom. The van der Waals surface area contributed by atoms with Crippen LogP contribution in [-0.4, -0.2) is 37.0 Å². The van der Waals surface area contributed by atoms with Crippen LogP contribution in [0.5, 0.6) is 0 Å². The van der Waals surface area contributed by atoms with Crippen LogP contribution in [-0.2, 0) is 4.79 Å². The van der Waals surface area contributed by atoms with Crippen molar-refractivity contribution in [2.45, 2.75) is 27.2 Å². The van der Waals surface area contributed by atoms with E-state index in [1.54, 1.807) is 0 Å². The largest absolute Gasteiger partial charge is 0.369 e. The Balaban J connectivity index is 4.04. The van der Waals surface area contributed by atoms with Gasteiger partial charge in [-0.2, -0.15) is 0 Å². The summed E-state index contributed by atoms with van der Waals surface area (Å²) in [6.07, 6.45) is 0.970. The van der Waals surface area contributed by atoms with Crippen LogP contribution in [0.15, 0.2) is 0 Å². The van der Waals surface area contributed by atoms with Gasteiger partial charge in [0.05, 0.1) is 0 Å². The number of nitrogens with two attached hydrogens (primary N) is 2. The first-order valence-corrected chi connectivity index (χ1v) is 5.69. The Labute approximate surface area is 93.0 Å². The van der Waals surface area contributed by atoms with Crippen molar-refractivity contribution in [3.63, 3.8) is 0 Å². The minimum atomic E-state index is -0.225. The van der Waals surface area contributed by atoms with E-state index in [2.05, 4.69) is 18.7 Å². The van der Waals surface area contributed by atoms with Crippen molar-refractivity contribution in [3.8, 4) is 0 Å². The second-order valence-corrected chi connectivity index (χ2v) is 4.60. The molecule has 0 aromatic heterocycles. The van der Waals surface area contributed by atoms with Gasteiger partial charge in [0.25, 0.3) is 0 Å². The number of hydrogen-bond acceptors (Lipinski definition) is 3. The van der Waals surface area contributed by atoms with Crippen molar-refractivity contribution in [1.29, 1.82) is 0 Å². The molecule has 0 aromatic carbocycles. The first-order chi connectivity index (χ1) is 6.97. The van der Waals surface area contributed by atoms with Gasteiger partial charge in [-0.3, -0.25) is 4.79 Å². The van der Waals surface area contributed by atoms with Gasteiger partial charge in [0.2, 0.25) is 5.91 Å². The van der Waals surface area contributed by atoms with Gasteiger partial charge in [-0.05, 0) is 25.4 Å². The highest BCUT2D eigenvalue weighted by molar-refractivity contribution is 5.76. The van der Waals surface area contributed by atoms with E-state index in [1.165, 1.54) is 0 Å². The summed E-state index contributed by atoms with van der Waals surface area (Å²) in [5.74, 6) is 0.292. The van der Waals surface area contributed by atoms with Crippen molar-refractivity contribution in [3.05, 3.63) is 0 Å². The van der Waals surface area contributed by atoms with E-state index in [4.69, 9.17) is 11.5 Å². The van der Waals surface area contributed by atoms with Crippen molar-refractivity contribution >= 4 is 5.91 Å². The molecule has 0 aliphatic heterocycles. The van der Waals surface area contributed by atoms with Gasteiger partial charge in [-0.25, -0.2) is 0 Å². The highest BCUT2D eigenvalue weighted by atomic mass is 16.1. The molecule has 1 atom stereocenters. The third-order valence-corrected chi connectivity index (χ3v) is 2.32. The highest BCUT2D eigenvalue weighted by Crippen LogP contribution is 2.04. The maximum Gasteiger partial charge on any atom is 0.221 e. The van der Waals surface area contributed by atoms with Gasteiger partial charge >= 0.3 is 0 Å². The molecule has 0 bridgehead atoms. The summed E-state index contributed by atoms with van der Waals surface area (Å²) in [5.41, 5.74) is 10.7. The van der Waals surface area contributed by atoms with Gasteiger partial charge in [0.1, 0.15) is 0 Å². The molecule has 0 fully saturated rings. The van der Waals surface area contributed by atoms with E-state index >= 15 is 0 Å². The zero-order chi connectivity index (χ0) is 11.8. The molecular weight excluding hydrogens is 190 g/mol. The van der Waals surface area contributed by atoms with Gasteiger partial charge in [-0.1, -0.05) is 20.8 Å². The topological polar surface area (TPSA) is 72.3 Å². The first kappa shape index (κ1) is 14.4. The van der Waals surface area contributed by atoms with Crippen LogP contribution < -0.4 is 11.5 Å². The lowest BCUT2D eigenvalue weighted by Gasteiger charge is -2.26. The predicted octanol–water partition coefficient (Wildman–Crippen LogP) is 0.415. The lowest BCUT2D eigenvalue weighted by molar-refractivity contribution is -0.121. The number of nitrogens with zero attached hydrogens (tertiary/aromatic N) is 1. The maximum atomic E-state index is 11.0. The molecule has 4 N–H and O–H groups in total. The molecule has 1 amide bonds. The number of amides is 1. The van der Waals surface area contributed by atoms with Gasteiger partial charge in [0, 0.05) is 19.0 Å². The van der Waals surface area contributed by atoms with Gasteiger partial charge in [-0.15, -0.1) is 0 Å². The molecule has 0 heterocycles. The molecule has 0 rings (SSSR count). The Morgan fingerprint density at radius 2 is 1.87 bits per heavy atom. The van der Waals surface area contributed by atoms with E-state index in [0.29, 0.717) is 12.5 Å². The molecule has 0 aromatic rings. The van der Waals surface area contributed by atoms with E-state index in [-0.39, 0.29) is 11.8 Å². The average Bonchev–Trinajstić information content (AvgIpc) is 2.13. The molecule has 4 heteroatoms. The molecule has 0 aliphatic rings. The van der Waals surface area contributed by atoms with Crippen LogP contribution >= 0.6 is 0 Å². The zero-order valence-corrected chi connectivity index (χ0v) is 10.2. The molecule has 15 heavy (non-hydrogen) atoms. The van der Waals surface area contributed by atoms with Crippen LogP contribution in [0, 0.1) is 11.8 Å². The van der Waals surface area contributed by atoms with E-state index in [9.17, 15) is 4.79 Å². The van der Waals surface area contributed by atoms with Crippen molar-refractivity contribution in [2.24, 2.45) is 23.3 Å². The van der Waals surface area contributed by atoms with Crippen LogP contribution in [0.1, 0.15) is 27.2 Å². The Kier molecular flexibility index (Phi) is 7.34. The number of carbonyl (C=O) groups excluding carboxylic acids is 1.